The maximum Gasteiger partial charge on any atom is 0.290 e. The zero-order valence-corrected chi connectivity index (χ0v) is 16.9. The summed E-state index contributed by atoms with van der Waals surface area (Å²) in [5.41, 5.74) is 1.98. The monoisotopic (exact) mass is 415 g/mol. The van der Waals surface area contributed by atoms with Gasteiger partial charge < -0.3 is 10.2 Å². The number of hydrogen-bond acceptors (Lipinski definition) is 8. The van der Waals surface area contributed by atoms with Crippen LogP contribution in [0.15, 0.2) is 34.0 Å². The fraction of sp³-hybridized carbons (Fsp3) is 0.368. The minimum Gasteiger partial charge on any atom is -0.341 e. The van der Waals surface area contributed by atoms with Crippen LogP contribution in [0.5, 0.6) is 0 Å². The van der Waals surface area contributed by atoms with Crippen molar-refractivity contribution in [3.8, 4) is 0 Å². The number of hydrogen-bond donors (Lipinski definition) is 2. The molecule has 0 saturated carbocycles. The second-order valence-electron chi connectivity index (χ2n) is 6.83. The number of thiophene rings is 1. The molecule has 0 aromatic carbocycles. The summed E-state index contributed by atoms with van der Waals surface area (Å²) in [5, 5.41) is 9.74. The molecule has 2 aliphatic heterocycles. The van der Waals surface area contributed by atoms with E-state index in [2.05, 4.69) is 42.3 Å². The second-order valence-corrected chi connectivity index (χ2v) is 8.62. The molecule has 2 saturated heterocycles. The minimum atomic E-state index is -0.370. The molecular weight excluding hydrogens is 394 g/mol. The maximum atomic E-state index is 11.7. The van der Waals surface area contributed by atoms with Gasteiger partial charge in [0.1, 0.15) is 0 Å². The molecule has 0 spiro atoms. The third-order valence-electron chi connectivity index (χ3n) is 4.83. The van der Waals surface area contributed by atoms with Crippen molar-refractivity contribution >= 4 is 46.3 Å². The van der Waals surface area contributed by atoms with E-state index in [1.807, 2.05) is 0 Å². The molecule has 2 N–H and O–H groups in total. The first kappa shape index (κ1) is 19.1. The lowest BCUT2D eigenvalue weighted by Crippen LogP contribution is -2.38. The van der Waals surface area contributed by atoms with E-state index < -0.39 is 0 Å². The molecule has 0 bridgehead atoms. The first-order chi connectivity index (χ1) is 13.7. The lowest BCUT2D eigenvalue weighted by atomic mass is 9.97. The average molecular weight is 416 g/mol. The van der Waals surface area contributed by atoms with E-state index >= 15 is 0 Å². The molecule has 146 valence electrons. The number of amides is 2. The number of anilines is 1. The molecule has 2 aromatic rings. The first-order valence-corrected chi connectivity index (χ1v) is 11.0. The van der Waals surface area contributed by atoms with Crippen LogP contribution >= 0.6 is 23.1 Å². The Labute approximate surface area is 171 Å². The van der Waals surface area contributed by atoms with Crippen LogP contribution in [0.4, 0.5) is 10.7 Å². The van der Waals surface area contributed by atoms with E-state index in [0.717, 1.165) is 50.8 Å². The van der Waals surface area contributed by atoms with Crippen LogP contribution in [0.1, 0.15) is 24.1 Å². The van der Waals surface area contributed by atoms with Gasteiger partial charge in [-0.15, -0.1) is 0 Å². The quantitative estimate of drug-likeness (QED) is 0.702. The van der Waals surface area contributed by atoms with Crippen molar-refractivity contribution in [3.63, 3.8) is 0 Å². The highest BCUT2D eigenvalue weighted by atomic mass is 32.2. The number of rotatable bonds is 6. The van der Waals surface area contributed by atoms with Crippen LogP contribution in [-0.2, 0) is 11.3 Å². The number of carbonyl (C=O) groups excluding carboxylic acids is 2. The van der Waals surface area contributed by atoms with Gasteiger partial charge in [0.05, 0.1) is 10.6 Å². The summed E-state index contributed by atoms with van der Waals surface area (Å²) in [6.45, 7) is 3.78. The fourth-order valence-electron chi connectivity index (χ4n) is 3.30. The van der Waals surface area contributed by atoms with Crippen LogP contribution in [0.3, 0.4) is 0 Å². The highest BCUT2D eigenvalue weighted by Gasteiger charge is 2.25. The summed E-state index contributed by atoms with van der Waals surface area (Å²) in [4.78, 5) is 34.5. The van der Waals surface area contributed by atoms with Crippen molar-refractivity contribution in [2.75, 3.05) is 24.5 Å². The number of piperidine rings is 1. The fourth-order valence-corrected chi connectivity index (χ4v) is 4.64. The summed E-state index contributed by atoms with van der Waals surface area (Å²) < 4.78 is 0. The lowest BCUT2D eigenvalue weighted by Gasteiger charge is -2.32. The number of nitrogens with zero attached hydrogens (tertiary/aromatic N) is 3. The molecule has 9 heteroatoms. The van der Waals surface area contributed by atoms with Crippen molar-refractivity contribution in [1.82, 2.24) is 20.6 Å². The van der Waals surface area contributed by atoms with E-state index in [9.17, 15) is 9.59 Å². The van der Waals surface area contributed by atoms with Crippen molar-refractivity contribution in [2.24, 2.45) is 5.92 Å². The number of thioether (sulfide) groups is 1. The lowest BCUT2D eigenvalue weighted by molar-refractivity contribution is -0.115. The molecule has 0 aliphatic carbocycles. The summed E-state index contributed by atoms with van der Waals surface area (Å²) in [6, 6.07) is 3.90. The Bertz CT molecular complexity index is 876. The number of aromatic nitrogens is 2. The number of imide groups is 1. The van der Waals surface area contributed by atoms with Crippen LogP contribution in [0.2, 0.25) is 0 Å². The van der Waals surface area contributed by atoms with Gasteiger partial charge in [0.15, 0.2) is 0 Å². The zero-order chi connectivity index (χ0) is 19.3. The van der Waals surface area contributed by atoms with E-state index in [4.69, 9.17) is 0 Å². The first-order valence-electron chi connectivity index (χ1n) is 9.22. The van der Waals surface area contributed by atoms with E-state index in [1.165, 1.54) is 5.56 Å². The van der Waals surface area contributed by atoms with Crippen LogP contribution in [0, 0.1) is 5.92 Å². The molecule has 2 fully saturated rings. The highest BCUT2D eigenvalue weighted by molar-refractivity contribution is 8.18. The molecule has 4 rings (SSSR count). The Kier molecular flexibility index (Phi) is 6.04. The molecule has 0 unspecified atom stereocenters. The number of carbonyl (C=O) groups is 2. The van der Waals surface area contributed by atoms with Gasteiger partial charge in [0.2, 0.25) is 5.95 Å². The smallest absolute Gasteiger partial charge is 0.290 e. The van der Waals surface area contributed by atoms with E-state index in [1.54, 1.807) is 29.7 Å². The topological polar surface area (TPSA) is 87.2 Å². The van der Waals surface area contributed by atoms with Gasteiger partial charge in [-0.3, -0.25) is 14.9 Å². The Morgan fingerprint density at radius 2 is 2.14 bits per heavy atom. The standard InChI is InChI=1S/C19H21N5O2S2/c25-17-16(28-19(26)23-17)9-15-1-5-21-18(22-15)24-6-2-13(3-7-24)10-20-11-14-4-8-27-12-14/h1,4-5,8-9,12-13,20H,2-3,6-7,10-11H2,(H,23,25,26)/b16-9-. The van der Waals surface area contributed by atoms with E-state index in [0.29, 0.717) is 22.5 Å². The molecule has 2 aromatic heterocycles. The van der Waals surface area contributed by atoms with Crippen LogP contribution in [-0.4, -0.2) is 40.7 Å². The molecule has 0 radical (unpaired) electrons. The summed E-state index contributed by atoms with van der Waals surface area (Å²) in [6.07, 6.45) is 5.52. The van der Waals surface area contributed by atoms with Gasteiger partial charge >= 0.3 is 0 Å². The van der Waals surface area contributed by atoms with Crippen molar-refractivity contribution < 1.29 is 9.59 Å². The van der Waals surface area contributed by atoms with Gasteiger partial charge in [-0.05, 0) is 71.6 Å². The molecule has 4 heterocycles. The van der Waals surface area contributed by atoms with Crippen molar-refractivity contribution in [2.45, 2.75) is 19.4 Å². The van der Waals surface area contributed by atoms with E-state index in [-0.39, 0.29) is 11.1 Å². The third-order valence-corrected chi connectivity index (χ3v) is 6.37. The van der Waals surface area contributed by atoms with Crippen LogP contribution in [0.25, 0.3) is 6.08 Å². The average Bonchev–Trinajstić information content (AvgIpc) is 3.32. The van der Waals surface area contributed by atoms with Crippen molar-refractivity contribution in [1.29, 1.82) is 0 Å². The molecule has 28 heavy (non-hydrogen) atoms. The van der Waals surface area contributed by atoms with Gasteiger partial charge in [0.25, 0.3) is 11.1 Å². The number of nitrogens with one attached hydrogen (secondary N) is 2. The normalized spacial score (nSPS) is 19.4. The molecule has 2 amide bonds. The van der Waals surface area contributed by atoms with Gasteiger partial charge in [-0.25, -0.2) is 9.97 Å². The van der Waals surface area contributed by atoms with Gasteiger partial charge in [-0.2, -0.15) is 11.3 Å². The van der Waals surface area contributed by atoms with Gasteiger partial charge in [0, 0.05) is 25.8 Å². The largest absolute Gasteiger partial charge is 0.341 e. The Morgan fingerprint density at radius 3 is 2.86 bits per heavy atom. The molecular formula is C19H21N5O2S2. The minimum absolute atomic E-state index is 0.347. The maximum absolute atomic E-state index is 11.7. The molecule has 7 nitrogen and oxygen atoms in total. The van der Waals surface area contributed by atoms with Gasteiger partial charge in [-0.1, -0.05) is 0 Å². The summed E-state index contributed by atoms with van der Waals surface area (Å²) >= 11 is 2.63. The Hall–Kier alpha value is -2.23. The Balaban J connectivity index is 1.30. The Morgan fingerprint density at radius 1 is 1.29 bits per heavy atom. The van der Waals surface area contributed by atoms with Crippen LogP contribution < -0.4 is 15.5 Å². The highest BCUT2D eigenvalue weighted by Crippen LogP contribution is 2.26. The predicted molar refractivity (Wildman–Crippen MR) is 112 cm³/mol. The summed E-state index contributed by atoms with van der Waals surface area (Å²) in [7, 11) is 0. The second kappa shape index (κ2) is 8.85. The molecule has 2 aliphatic rings. The third kappa shape index (κ3) is 4.78. The zero-order valence-electron chi connectivity index (χ0n) is 15.3. The summed E-state index contributed by atoms with van der Waals surface area (Å²) in [5.74, 6) is 0.962. The van der Waals surface area contributed by atoms with Crippen molar-refractivity contribution in [3.05, 3.63) is 45.3 Å². The SMILES string of the molecule is O=C1NC(=O)/C(=C/c2ccnc(N3CCC(CNCc4ccsc4)CC3)n2)S1. The molecule has 0 atom stereocenters. The predicted octanol–water partition coefficient (Wildman–Crippen LogP) is 2.87.